The molecule has 7 atom stereocenters. The van der Waals surface area contributed by atoms with Crippen molar-refractivity contribution in [2.45, 2.75) is 137 Å². The van der Waals surface area contributed by atoms with Crippen molar-refractivity contribution < 1.29 is 57.7 Å². The van der Waals surface area contributed by atoms with Gasteiger partial charge in [-0.2, -0.15) is 0 Å². The Kier molecular flexibility index (Phi) is 21.6. The fourth-order valence-corrected chi connectivity index (χ4v) is 8.70. The molecule has 0 saturated heterocycles. The Morgan fingerprint density at radius 1 is 0.958 bits per heavy atom. The fraction of sp³-hybridized carbons (Fsp3) is 0.569. The molecule has 1 aliphatic heterocycles. The van der Waals surface area contributed by atoms with Crippen LogP contribution in [0.1, 0.15) is 134 Å². The summed E-state index contributed by atoms with van der Waals surface area (Å²) in [5, 5.41) is 19.3. The molecule has 20 nitrogen and oxygen atoms in total. The first-order valence-electron chi connectivity index (χ1n) is 23.9. The van der Waals surface area contributed by atoms with Crippen LogP contribution in [0.4, 0.5) is 5.69 Å². The predicted molar refractivity (Wildman–Crippen MR) is 271 cm³/mol. The van der Waals surface area contributed by atoms with Crippen molar-refractivity contribution in [2.75, 3.05) is 39.5 Å². The third-order valence-electron chi connectivity index (χ3n) is 13.1. The Hall–Kier alpha value is -6.32. The van der Waals surface area contributed by atoms with E-state index in [1.165, 1.54) is 51.3 Å². The van der Waals surface area contributed by atoms with Crippen LogP contribution in [0, 0.1) is 17.8 Å². The van der Waals surface area contributed by atoms with Gasteiger partial charge in [0.1, 0.15) is 16.7 Å². The second kappa shape index (κ2) is 25.9. The molecule has 5 amide bonds. The smallest absolute Gasteiger partial charge is 0.313 e. The highest BCUT2D eigenvalue weighted by atomic mass is 32.1. The first kappa shape index (κ1) is 60.0. The van der Waals surface area contributed by atoms with Crippen molar-refractivity contribution in [3.63, 3.8) is 0 Å². The maximum atomic E-state index is 14.8. The second-order valence-electron chi connectivity index (χ2n) is 19.6. The molecule has 0 saturated carbocycles. The minimum Gasteiger partial charge on any atom is -0.481 e. The molecule has 396 valence electrons. The summed E-state index contributed by atoms with van der Waals surface area (Å²) in [6, 6.07) is 1.61. The van der Waals surface area contributed by atoms with Gasteiger partial charge in [0, 0.05) is 55.4 Å². The molecule has 2 unspecified atom stereocenters. The molecule has 3 rings (SSSR count). The van der Waals surface area contributed by atoms with Gasteiger partial charge in [0.05, 0.1) is 42.6 Å². The van der Waals surface area contributed by atoms with E-state index in [9.17, 15) is 48.3 Å². The lowest BCUT2D eigenvalue weighted by Gasteiger charge is -2.38. The Balaban J connectivity index is 2.10. The van der Waals surface area contributed by atoms with Gasteiger partial charge in [-0.25, -0.2) is 15.0 Å². The third kappa shape index (κ3) is 15.3. The van der Waals surface area contributed by atoms with Crippen LogP contribution < -0.4 is 21.1 Å². The molecular formula is C51H74N8O12S. The minimum absolute atomic E-state index is 0.0424. The van der Waals surface area contributed by atoms with Crippen molar-refractivity contribution in [3.05, 3.63) is 64.1 Å². The number of nitrogens with two attached hydrogens (primary N) is 1. The number of aromatic nitrogens is 1. The van der Waals surface area contributed by atoms with Gasteiger partial charge in [0.15, 0.2) is 17.6 Å². The molecule has 2 aromatic rings. The Morgan fingerprint density at radius 3 is 2.06 bits per heavy atom. The molecule has 5 N–H and O–H groups in total. The number of carboxylic acid groups (broad SMARTS) is 1. The fourth-order valence-electron chi connectivity index (χ4n) is 7.85. The number of amides is 5. The van der Waals surface area contributed by atoms with E-state index in [1.54, 1.807) is 44.8 Å². The molecule has 0 radical (unpaired) electrons. The van der Waals surface area contributed by atoms with Crippen LogP contribution in [-0.4, -0.2) is 141 Å². The largest absolute Gasteiger partial charge is 0.481 e. The van der Waals surface area contributed by atoms with E-state index < -0.39 is 83.0 Å². The van der Waals surface area contributed by atoms with Gasteiger partial charge in [-0.3, -0.25) is 48.1 Å². The third-order valence-corrected chi connectivity index (χ3v) is 14.0. The molecule has 72 heavy (non-hydrogen) atoms. The molecule has 0 spiro atoms. The lowest BCUT2D eigenvalue weighted by atomic mass is 9.82. The number of esters is 2. The highest BCUT2D eigenvalue weighted by Gasteiger charge is 2.40. The SMILES string of the molecule is C=C(C)C(=O)N1CCC(=O)Nc2cc(C(C(=O)c3csc([C@@H](C[C@H](C(C)C)N(C)C(=O)[C@@H](NC(=O)C(C)(C)N(C)C)[C@@H](C)CC)OC(C)=O)n3)[C@H](N)CC(C)C(=O)O)ccc2OC(=O)CCN1C(=O)C(=C)C. The zero-order valence-corrected chi connectivity index (χ0v) is 44.8. The number of rotatable bonds is 21. The molecular weight excluding hydrogens is 949 g/mol. The van der Waals surface area contributed by atoms with Crippen molar-refractivity contribution in [2.24, 2.45) is 23.5 Å². The predicted octanol–water partition coefficient (Wildman–Crippen LogP) is 5.26. The standard InChI is InChI=1S/C51H74N8O12S/c1-16-30(8)43(55-50(69)51(11,12)56(13)14)48(66)57(15)37(27(2)3)25-39(70-32(10)60)45-54-36(26-72-45)44(63)42(34(52)23-31(9)49(67)68)33-17-18-38-35(24-33)53-40(61)19-21-58(46(64)28(4)5)59(47(65)29(6)7)22-20-41(62)71-38/h17-18,24,26-27,30-31,34,37,39,42-43H,4,6,16,19-23,25,52H2,1-3,5,7-15H3,(H,53,61)(H,55,69)(H,67,68)/t30-,31?,34+,37+,39+,42?,43-/m0/s1. The highest BCUT2D eigenvalue weighted by Crippen LogP contribution is 2.36. The topological polar surface area (TPSA) is 268 Å². The van der Waals surface area contributed by atoms with Crippen molar-refractivity contribution in [1.82, 2.24) is 30.1 Å². The van der Waals surface area contributed by atoms with Crippen LogP contribution in [0.5, 0.6) is 5.75 Å². The van der Waals surface area contributed by atoms with Crippen molar-refractivity contribution in [3.8, 4) is 5.75 Å². The number of carboxylic acids is 1. The van der Waals surface area contributed by atoms with E-state index >= 15 is 0 Å². The molecule has 0 fully saturated rings. The van der Waals surface area contributed by atoms with Crippen LogP contribution >= 0.6 is 11.3 Å². The summed E-state index contributed by atoms with van der Waals surface area (Å²) in [6.45, 7) is 23.5. The summed E-state index contributed by atoms with van der Waals surface area (Å²) in [5.74, 6) is -8.76. The van der Waals surface area contributed by atoms with Gasteiger partial charge >= 0.3 is 17.9 Å². The van der Waals surface area contributed by atoms with Crippen LogP contribution in [0.2, 0.25) is 0 Å². The second-order valence-corrected chi connectivity index (χ2v) is 20.5. The van der Waals surface area contributed by atoms with E-state index in [1.807, 2.05) is 27.7 Å². The number of hydrogen-bond donors (Lipinski definition) is 4. The maximum Gasteiger partial charge on any atom is 0.313 e. The zero-order valence-electron chi connectivity index (χ0n) is 44.0. The van der Waals surface area contributed by atoms with Gasteiger partial charge in [-0.15, -0.1) is 11.3 Å². The average Bonchev–Trinajstić information content (AvgIpc) is 3.80. The van der Waals surface area contributed by atoms with Crippen LogP contribution in [0.15, 0.2) is 47.9 Å². The lowest BCUT2D eigenvalue weighted by molar-refractivity contribution is -0.160. The molecule has 0 bridgehead atoms. The summed E-state index contributed by atoms with van der Waals surface area (Å²) in [4.78, 5) is 129. The monoisotopic (exact) mass is 1020 g/mol. The van der Waals surface area contributed by atoms with Gasteiger partial charge in [-0.05, 0) is 77.7 Å². The number of thiazole rings is 1. The normalized spacial score (nSPS) is 16.5. The number of nitrogens with zero attached hydrogens (tertiary/aromatic N) is 5. The highest BCUT2D eigenvalue weighted by molar-refractivity contribution is 7.09. The molecule has 0 aliphatic carbocycles. The number of carbonyl (C=O) groups is 9. The van der Waals surface area contributed by atoms with E-state index in [-0.39, 0.29) is 101 Å². The molecule has 2 heterocycles. The Bertz CT molecular complexity index is 2400. The van der Waals surface area contributed by atoms with Gasteiger partial charge in [0.25, 0.3) is 11.8 Å². The number of hydrazine groups is 1. The Labute approximate surface area is 426 Å². The number of ether oxygens (including phenoxy) is 2. The molecule has 1 aromatic carbocycles. The lowest BCUT2D eigenvalue weighted by Crippen LogP contribution is -2.60. The average molecular weight is 1020 g/mol. The van der Waals surface area contributed by atoms with E-state index in [0.29, 0.717) is 6.42 Å². The van der Waals surface area contributed by atoms with Gasteiger partial charge < -0.3 is 35.8 Å². The van der Waals surface area contributed by atoms with Crippen molar-refractivity contribution in [1.29, 1.82) is 0 Å². The number of carbonyl (C=O) groups excluding carboxylic acids is 8. The number of Topliss-reactive ketones (excluding diaryl/α,β-unsaturated/α-hetero) is 1. The summed E-state index contributed by atoms with van der Waals surface area (Å²) in [7, 11) is 5.19. The van der Waals surface area contributed by atoms with Gasteiger partial charge in [-0.1, -0.05) is 60.3 Å². The van der Waals surface area contributed by atoms with Gasteiger partial charge in [0.2, 0.25) is 17.7 Å². The number of aliphatic carboxylic acids is 1. The minimum atomic E-state index is -1.30. The quantitative estimate of drug-likeness (QED) is 0.0538. The van der Waals surface area contributed by atoms with Crippen molar-refractivity contribution >= 4 is 70.3 Å². The van der Waals surface area contributed by atoms with Crippen LogP contribution in [-0.2, 0) is 43.1 Å². The van der Waals surface area contributed by atoms with Crippen LogP contribution in [0.3, 0.4) is 0 Å². The maximum absolute atomic E-state index is 14.8. The van der Waals surface area contributed by atoms with E-state index in [4.69, 9.17) is 15.2 Å². The Morgan fingerprint density at radius 2 is 1.54 bits per heavy atom. The number of likely N-dealkylation sites (N-methyl/N-ethyl adjacent to an activating group) is 2. The first-order chi connectivity index (χ1) is 33.4. The number of anilines is 1. The number of nitrogens with one attached hydrogen (secondary N) is 2. The molecule has 1 aliphatic rings. The number of fused-ring (bicyclic) bond motifs is 1. The summed E-state index contributed by atoms with van der Waals surface area (Å²) in [6.07, 6.45) is -1.29. The summed E-state index contributed by atoms with van der Waals surface area (Å²) in [5.41, 5.74) is 6.02. The summed E-state index contributed by atoms with van der Waals surface area (Å²) >= 11 is 1.03. The number of benzene rings is 1. The van der Waals surface area contributed by atoms with Crippen LogP contribution in [0.25, 0.3) is 0 Å². The number of ketones is 1. The zero-order chi connectivity index (χ0) is 54.7. The van der Waals surface area contributed by atoms with E-state index in [0.717, 1.165) is 21.4 Å². The molecule has 21 heteroatoms. The first-order valence-corrected chi connectivity index (χ1v) is 24.8. The number of hydrogen-bond acceptors (Lipinski definition) is 15. The summed E-state index contributed by atoms with van der Waals surface area (Å²) < 4.78 is 11.5. The van der Waals surface area contributed by atoms with E-state index in [2.05, 4.69) is 28.8 Å². The molecule has 1 aromatic heterocycles.